The number of hydrogen-bond acceptors (Lipinski definition) is 3. The third-order valence-corrected chi connectivity index (χ3v) is 5.63. The van der Waals surface area contributed by atoms with E-state index in [0.29, 0.717) is 5.56 Å². The number of nitrogens with zero attached hydrogens (tertiary/aromatic N) is 1. The van der Waals surface area contributed by atoms with Gasteiger partial charge in [-0.05, 0) is 24.3 Å². The first-order valence-electron chi connectivity index (χ1n) is 6.81. The number of rotatable bonds is 3. The third-order valence-electron chi connectivity index (χ3n) is 3.65. The van der Waals surface area contributed by atoms with Crippen LogP contribution in [0.5, 0.6) is 0 Å². The van der Waals surface area contributed by atoms with E-state index in [0.717, 1.165) is 39.9 Å². The van der Waals surface area contributed by atoms with Crippen molar-refractivity contribution in [2.24, 2.45) is 0 Å². The predicted molar refractivity (Wildman–Crippen MR) is 97.0 cm³/mol. The Morgan fingerprint density at radius 1 is 1.23 bits per heavy atom. The normalized spacial score (nSPS) is 17.0. The molecular weight excluding hydrogens is 410 g/mol. The van der Waals surface area contributed by atoms with Crippen molar-refractivity contribution in [1.29, 1.82) is 0 Å². The smallest absolute Gasteiger partial charge is 0.129 e. The maximum Gasteiger partial charge on any atom is 0.129 e. The fraction of sp³-hybridized carbons (Fsp3) is 0.333. The van der Waals surface area contributed by atoms with Gasteiger partial charge >= 0.3 is 0 Å². The zero-order valence-corrected chi connectivity index (χ0v) is 15.7. The average molecular weight is 426 g/mol. The Hall–Kier alpha value is -0.170. The van der Waals surface area contributed by atoms with Crippen molar-refractivity contribution >= 4 is 51.3 Å². The molecule has 120 valence electrons. The molecule has 2 heterocycles. The maximum atomic E-state index is 14.4. The zero-order chi connectivity index (χ0) is 14.8. The molecular formula is C15H16BrCl2FN2S. The molecule has 0 saturated carbocycles. The minimum Gasteiger partial charge on any atom is -0.314 e. The molecule has 1 aromatic heterocycles. The van der Waals surface area contributed by atoms with E-state index in [1.807, 2.05) is 18.2 Å². The molecule has 0 spiro atoms. The molecule has 2 nitrogen and oxygen atoms in total. The van der Waals surface area contributed by atoms with Crippen LogP contribution in [0.1, 0.15) is 16.5 Å². The quantitative estimate of drug-likeness (QED) is 0.765. The molecule has 7 heteroatoms. The Labute approximate surface area is 153 Å². The minimum atomic E-state index is -0.183. The van der Waals surface area contributed by atoms with Crippen LogP contribution >= 0.6 is 51.3 Å². The van der Waals surface area contributed by atoms with Crippen molar-refractivity contribution in [2.75, 3.05) is 26.2 Å². The van der Waals surface area contributed by atoms with Crippen molar-refractivity contribution in [1.82, 2.24) is 10.2 Å². The Balaban J connectivity index is 0.00000176. The van der Waals surface area contributed by atoms with Gasteiger partial charge in [-0.1, -0.05) is 33.6 Å². The van der Waals surface area contributed by atoms with Gasteiger partial charge in [0.05, 0.1) is 10.4 Å². The van der Waals surface area contributed by atoms with Gasteiger partial charge in [0, 0.05) is 41.1 Å². The van der Waals surface area contributed by atoms with Gasteiger partial charge in [0.1, 0.15) is 5.82 Å². The van der Waals surface area contributed by atoms with Crippen molar-refractivity contribution in [3.8, 4) is 0 Å². The maximum absolute atomic E-state index is 14.4. The Bertz CT molecular complexity index is 612. The van der Waals surface area contributed by atoms with Crippen molar-refractivity contribution in [2.45, 2.75) is 6.04 Å². The highest BCUT2D eigenvalue weighted by Gasteiger charge is 2.29. The van der Waals surface area contributed by atoms with E-state index in [1.165, 1.54) is 17.4 Å². The summed E-state index contributed by atoms with van der Waals surface area (Å²) in [5.41, 5.74) is 0.693. The van der Waals surface area contributed by atoms with Crippen LogP contribution in [0.3, 0.4) is 0 Å². The molecule has 0 bridgehead atoms. The number of hydrogen-bond donors (Lipinski definition) is 1. The molecule has 1 aromatic carbocycles. The largest absolute Gasteiger partial charge is 0.314 e. The first-order chi connectivity index (χ1) is 10.2. The summed E-state index contributed by atoms with van der Waals surface area (Å²) in [6.07, 6.45) is 0. The number of piperazine rings is 1. The molecule has 0 amide bonds. The van der Waals surface area contributed by atoms with E-state index in [-0.39, 0.29) is 24.3 Å². The fourth-order valence-electron chi connectivity index (χ4n) is 2.69. The molecule has 1 saturated heterocycles. The topological polar surface area (TPSA) is 15.3 Å². The lowest BCUT2D eigenvalue weighted by atomic mass is 10.0. The second-order valence-corrected chi connectivity index (χ2v) is 7.57. The van der Waals surface area contributed by atoms with Crippen LogP contribution in [0.15, 0.2) is 34.8 Å². The van der Waals surface area contributed by atoms with Gasteiger partial charge in [0.25, 0.3) is 0 Å². The third kappa shape index (κ3) is 3.83. The lowest BCUT2D eigenvalue weighted by molar-refractivity contribution is 0.197. The van der Waals surface area contributed by atoms with E-state index in [4.69, 9.17) is 11.6 Å². The number of halogens is 4. The van der Waals surface area contributed by atoms with Crippen LogP contribution in [0.4, 0.5) is 4.39 Å². The second kappa shape index (κ2) is 8.08. The SMILES string of the molecule is Cl.Fc1cccc(Br)c1[C@@H](c1ccc(Cl)s1)N1CCNCC1. The molecule has 3 rings (SSSR count). The molecule has 0 radical (unpaired) electrons. The highest BCUT2D eigenvalue weighted by atomic mass is 79.9. The minimum absolute atomic E-state index is 0. The predicted octanol–water partition coefficient (Wildman–Crippen LogP) is 4.72. The van der Waals surface area contributed by atoms with E-state index >= 15 is 0 Å². The summed E-state index contributed by atoms with van der Waals surface area (Å²) in [6.45, 7) is 3.62. The van der Waals surface area contributed by atoms with Gasteiger partial charge in [-0.2, -0.15) is 0 Å². The van der Waals surface area contributed by atoms with Gasteiger partial charge in [0.15, 0.2) is 0 Å². The Morgan fingerprint density at radius 3 is 2.55 bits per heavy atom. The molecule has 1 aliphatic rings. The summed E-state index contributed by atoms with van der Waals surface area (Å²) in [6, 6.07) is 8.91. The van der Waals surface area contributed by atoms with Gasteiger partial charge in [-0.3, -0.25) is 4.90 Å². The lowest BCUT2D eigenvalue weighted by Gasteiger charge is -2.35. The van der Waals surface area contributed by atoms with E-state index in [1.54, 1.807) is 6.07 Å². The first-order valence-corrected chi connectivity index (χ1v) is 8.79. The van der Waals surface area contributed by atoms with Crippen LogP contribution in [0.2, 0.25) is 4.34 Å². The number of nitrogens with one attached hydrogen (secondary N) is 1. The molecule has 22 heavy (non-hydrogen) atoms. The summed E-state index contributed by atoms with van der Waals surface area (Å²) < 4.78 is 16.0. The van der Waals surface area contributed by atoms with E-state index < -0.39 is 0 Å². The Morgan fingerprint density at radius 2 is 1.95 bits per heavy atom. The molecule has 1 atom stereocenters. The standard InChI is InChI=1S/C15H15BrClFN2S.ClH/c16-10-2-1-3-11(18)14(10)15(12-4-5-13(17)21-12)20-8-6-19-7-9-20;/h1-5,15,19H,6-9H2;1H/t15-;/m1./s1. The molecule has 1 fully saturated rings. The molecule has 0 aliphatic carbocycles. The number of thiophene rings is 1. The lowest BCUT2D eigenvalue weighted by Crippen LogP contribution is -2.45. The fourth-order valence-corrected chi connectivity index (χ4v) is 4.46. The first kappa shape index (κ1) is 18.2. The summed E-state index contributed by atoms with van der Waals surface area (Å²) in [5, 5.41) is 3.34. The van der Waals surface area contributed by atoms with Crippen LogP contribution in [-0.2, 0) is 0 Å². The summed E-state index contributed by atoms with van der Waals surface area (Å²) >= 11 is 11.1. The van der Waals surface area contributed by atoms with Gasteiger partial charge in [0.2, 0.25) is 0 Å². The second-order valence-electron chi connectivity index (χ2n) is 4.97. The number of benzene rings is 1. The monoisotopic (exact) mass is 424 g/mol. The van der Waals surface area contributed by atoms with E-state index in [9.17, 15) is 4.39 Å². The molecule has 2 aromatic rings. The summed E-state index contributed by atoms with van der Waals surface area (Å²) in [5.74, 6) is -0.183. The zero-order valence-electron chi connectivity index (χ0n) is 11.7. The van der Waals surface area contributed by atoms with Crippen molar-refractivity contribution in [3.05, 3.63) is 55.4 Å². The van der Waals surface area contributed by atoms with Crippen LogP contribution in [0, 0.1) is 5.82 Å². The van der Waals surface area contributed by atoms with Gasteiger partial charge in [-0.15, -0.1) is 23.7 Å². The Kier molecular flexibility index (Phi) is 6.68. The van der Waals surface area contributed by atoms with Gasteiger partial charge < -0.3 is 5.32 Å². The average Bonchev–Trinajstić information content (AvgIpc) is 2.90. The molecule has 1 aliphatic heterocycles. The van der Waals surface area contributed by atoms with Crippen LogP contribution in [-0.4, -0.2) is 31.1 Å². The van der Waals surface area contributed by atoms with Crippen molar-refractivity contribution in [3.63, 3.8) is 0 Å². The van der Waals surface area contributed by atoms with E-state index in [2.05, 4.69) is 26.1 Å². The highest BCUT2D eigenvalue weighted by molar-refractivity contribution is 9.10. The van der Waals surface area contributed by atoms with Crippen LogP contribution in [0.25, 0.3) is 0 Å². The molecule has 1 N–H and O–H groups in total. The summed E-state index contributed by atoms with van der Waals surface area (Å²) in [7, 11) is 0. The molecule has 0 unspecified atom stereocenters. The van der Waals surface area contributed by atoms with Crippen molar-refractivity contribution < 1.29 is 4.39 Å². The van der Waals surface area contributed by atoms with Gasteiger partial charge in [-0.25, -0.2) is 4.39 Å². The highest BCUT2D eigenvalue weighted by Crippen LogP contribution is 2.39. The van der Waals surface area contributed by atoms with Crippen LogP contribution < -0.4 is 5.32 Å². The summed E-state index contributed by atoms with van der Waals surface area (Å²) in [4.78, 5) is 3.38.